The normalized spacial score (nSPS) is 11.7. The van der Waals surface area contributed by atoms with Gasteiger partial charge >= 0.3 is 0 Å². The molecule has 0 aliphatic rings. The third kappa shape index (κ3) is 2.52. The van der Waals surface area contributed by atoms with Crippen LogP contribution in [0, 0.1) is 19.3 Å². The maximum absolute atomic E-state index is 11.9. The molecule has 0 saturated heterocycles. The minimum atomic E-state index is -3.48. The first-order valence-corrected chi connectivity index (χ1v) is 6.68. The van der Waals surface area contributed by atoms with E-state index in [9.17, 15) is 8.42 Å². The van der Waals surface area contributed by atoms with Crippen LogP contribution in [0.2, 0.25) is 4.34 Å². The van der Waals surface area contributed by atoms with Crippen LogP contribution in [-0.2, 0) is 10.0 Å². The van der Waals surface area contributed by atoms with Crippen LogP contribution in [-0.4, -0.2) is 26.3 Å². The second-order valence-electron chi connectivity index (χ2n) is 2.99. The largest absolute Gasteiger partial charge is 0.253 e. The summed E-state index contributed by atoms with van der Waals surface area (Å²) in [6, 6.07) is 1.55. The molecule has 82 valence electrons. The predicted octanol–water partition coefficient (Wildman–Crippen LogP) is 1.96. The molecule has 15 heavy (non-hydrogen) atoms. The van der Waals surface area contributed by atoms with E-state index >= 15 is 0 Å². The Morgan fingerprint density at radius 2 is 2.27 bits per heavy atom. The van der Waals surface area contributed by atoms with E-state index in [0.717, 1.165) is 21.2 Å². The van der Waals surface area contributed by atoms with E-state index in [1.807, 2.05) is 0 Å². The molecular formula is C9H10ClNO2S2. The van der Waals surface area contributed by atoms with Crippen LogP contribution >= 0.6 is 22.9 Å². The molecule has 1 heterocycles. The molecule has 0 N–H and O–H groups in total. The highest BCUT2D eigenvalue weighted by Crippen LogP contribution is 2.31. The number of nitrogens with zero attached hydrogens (tertiary/aromatic N) is 1. The predicted molar refractivity (Wildman–Crippen MR) is 62.7 cm³/mol. The van der Waals surface area contributed by atoms with Gasteiger partial charge in [0.2, 0.25) is 0 Å². The fourth-order valence-electron chi connectivity index (χ4n) is 0.926. The zero-order valence-corrected chi connectivity index (χ0v) is 10.7. The molecule has 0 radical (unpaired) electrons. The highest BCUT2D eigenvalue weighted by atomic mass is 35.5. The van der Waals surface area contributed by atoms with Crippen molar-refractivity contribution in [2.45, 2.75) is 11.1 Å². The van der Waals surface area contributed by atoms with Gasteiger partial charge in [-0.05, 0) is 18.6 Å². The second-order valence-corrected chi connectivity index (χ2v) is 6.91. The minimum Gasteiger partial charge on any atom is -0.206 e. The van der Waals surface area contributed by atoms with Gasteiger partial charge in [0.05, 0.1) is 10.9 Å². The van der Waals surface area contributed by atoms with Crippen LogP contribution in [0.25, 0.3) is 0 Å². The molecule has 3 nitrogen and oxygen atoms in total. The molecule has 0 bridgehead atoms. The quantitative estimate of drug-likeness (QED) is 0.782. The van der Waals surface area contributed by atoms with E-state index in [-0.39, 0.29) is 10.8 Å². The zero-order valence-electron chi connectivity index (χ0n) is 8.32. The number of halogens is 1. The van der Waals surface area contributed by atoms with Gasteiger partial charge in [0.15, 0.2) is 0 Å². The van der Waals surface area contributed by atoms with Gasteiger partial charge in [0.1, 0.15) is 4.21 Å². The standard InChI is InChI=1S/C9H10ClNO2S2/c1-4-5-11(3)15(12,13)8-6-7(2)9(10)14-8/h1,6H,5H2,2-3H3. The average Bonchev–Trinajstić information content (AvgIpc) is 2.48. The van der Waals surface area contributed by atoms with Gasteiger partial charge in [-0.1, -0.05) is 17.5 Å². The van der Waals surface area contributed by atoms with E-state index in [0.29, 0.717) is 4.34 Å². The Bertz CT molecular complexity index is 479. The van der Waals surface area contributed by atoms with Crippen molar-refractivity contribution in [2.75, 3.05) is 13.6 Å². The summed E-state index contributed by atoms with van der Waals surface area (Å²) in [5.41, 5.74) is 0.759. The number of hydrogen-bond donors (Lipinski definition) is 0. The molecule has 0 aliphatic carbocycles. The van der Waals surface area contributed by atoms with E-state index < -0.39 is 10.0 Å². The highest BCUT2D eigenvalue weighted by Gasteiger charge is 2.22. The lowest BCUT2D eigenvalue weighted by Crippen LogP contribution is -2.26. The van der Waals surface area contributed by atoms with Gasteiger partial charge in [0, 0.05) is 7.05 Å². The van der Waals surface area contributed by atoms with Crippen LogP contribution in [0.5, 0.6) is 0 Å². The molecule has 0 spiro atoms. The second kappa shape index (κ2) is 4.54. The molecule has 1 aromatic rings. The van der Waals surface area contributed by atoms with Crippen LogP contribution in [0.1, 0.15) is 5.56 Å². The first-order chi connectivity index (χ1) is 6.89. The fraction of sp³-hybridized carbons (Fsp3) is 0.333. The molecule has 0 amide bonds. The Morgan fingerprint density at radius 1 is 1.67 bits per heavy atom. The third-order valence-electron chi connectivity index (χ3n) is 1.81. The van der Waals surface area contributed by atoms with Gasteiger partial charge < -0.3 is 0 Å². The molecule has 0 atom stereocenters. The fourth-order valence-corrected chi connectivity index (χ4v) is 3.93. The van der Waals surface area contributed by atoms with E-state index in [4.69, 9.17) is 18.0 Å². The molecule has 0 unspecified atom stereocenters. The molecule has 0 aromatic carbocycles. The molecule has 0 fully saturated rings. The van der Waals surface area contributed by atoms with Gasteiger partial charge in [-0.15, -0.1) is 17.8 Å². The van der Waals surface area contributed by atoms with Crippen molar-refractivity contribution >= 4 is 33.0 Å². The molecule has 0 aliphatic heterocycles. The zero-order chi connectivity index (χ0) is 11.6. The SMILES string of the molecule is C#CCN(C)S(=O)(=O)c1cc(C)c(Cl)s1. The molecular weight excluding hydrogens is 254 g/mol. The first kappa shape index (κ1) is 12.5. The summed E-state index contributed by atoms with van der Waals surface area (Å²) >= 11 is 6.86. The number of thiophene rings is 1. The molecule has 0 saturated carbocycles. The van der Waals surface area contributed by atoms with E-state index in [2.05, 4.69) is 5.92 Å². The van der Waals surface area contributed by atoms with Crippen molar-refractivity contribution in [3.63, 3.8) is 0 Å². The van der Waals surface area contributed by atoms with Crippen molar-refractivity contribution in [3.05, 3.63) is 16.0 Å². The van der Waals surface area contributed by atoms with Gasteiger partial charge in [-0.3, -0.25) is 0 Å². The summed E-state index contributed by atoms with van der Waals surface area (Å²) in [6.45, 7) is 1.82. The maximum atomic E-state index is 11.9. The molecule has 1 aromatic heterocycles. The van der Waals surface area contributed by atoms with Gasteiger partial charge in [-0.25, -0.2) is 8.42 Å². The number of terminal acetylenes is 1. The third-order valence-corrected chi connectivity index (χ3v) is 5.62. The summed E-state index contributed by atoms with van der Waals surface area (Å²) < 4.78 is 25.6. The Balaban J connectivity index is 3.13. The lowest BCUT2D eigenvalue weighted by molar-refractivity contribution is 0.505. The summed E-state index contributed by atoms with van der Waals surface area (Å²) in [5.74, 6) is 2.28. The monoisotopic (exact) mass is 263 g/mol. The number of rotatable bonds is 3. The Morgan fingerprint density at radius 3 is 2.67 bits per heavy atom. The average molecular weight is 264 g/mol. The van der Waals surface area contributed by atoms with Crippen molar-refractivity contribution in [3.8, 4) is 12.3 Å². The topological polar surface area (TPSA) is 37.4 Å². The minimum absolute atomic E-state index is 0.0525. The van der Waals surface area contributed by atoms with Crippen LogP contribution in [0.4, 0.5) is 0 Å². The number of sulfonamides is 1. The van der Waals surface area contributed by atoms with Crippen LogP contribution in [0.15, 0.2) is 10.3 Å². The lowest BCUT2D eigenvalue weighted by Gasteiger charge is -2.11. The van der Waals surface area contributed by atoms with E-state index in [1.165, 1.54) is 7.05 Å². The molecule has 6 heteroatoms. The lowest BCUT2D eigenvalue weighted by atomic mass is 10.4. The maximum Gasteiger partial charge on any atom is 0.253 e. The van der Waals surface area contributed by atoms with Crippen LogP contribution < -0.4 is 0 Å². The van der Waals surface area contributed by atoms with Gasteiger partial charge in [0.25, 0.3) is 10.0 Å². The van der Waals surface area contributed by atoms with Crippen molar-refractivity contribution in [2.24, 2.45) is 0 Å². The smallest absolute Gasteiger partial charge is 0.206 e. The Kier molecular flexibility index (Phi) is 3.79. The van der Waals surface area contributed by atoms with Crippen molar-refractivity contribution in [1.29, 1.82) is 0 Å². The summed E-state index contributed by atoms with van der Waals surface area (Å²) in [7, 11) is -2.04. The highest BCUT2D eigenvalue weighted by molar-refractivity contribution is 7.91. The van der Waals surface area contributed by atoms with Crippen LogP contribution in [0.3, 0.4) is 0 Å². The van der Waals surface area contributed by atoms with Crippen molar-refractivity contribution in [1.82, 2.24) is 4.31 Å². The van der Waals surface area contributed by atoms with Gasteiger partial charge in [-0.2, -0.15) is 4.31 Å². The van der Waals surface area contributed by atoms with E-state index in [1.54, 1.807) is 13.0 Å². The Labute approximate surface area is 98.7 Å². The number of hydrogen-bond acceptors (Lipinski definition) is 3. The summed E-state index contributed by atoms with van der Waals surface area (Å²) in [4.78, 5) is 0. The number of aryl methyl sites for hydroxylation is 1. The van der Waals surface area contributed by atoms with Crippen molar-refractivity contribution < 1.29 is 8.42 Å². The Hall–Kier alpha value is -0.540. The first-order valence-electron chi connectivity index (χ1n) is 4.05. The molecule has 1 rings (SSSR count). The summed E-state index contributed by atoms with van der Waals surface area (Å²) in [6.07, 6.45) is 5.06. The summed E-state index contributed by atoms with van der Waals surface area (Å²) in [5, 5.41) is 0.